The summed E-state index contributed by atoms with van der Waals surface area (Å²) in [5.41, 5.74) is 0.415. The molecule has 1 fully saturated rings. The third kappa shape index (κ3) is 4.63. The summed E-state index contributed by atoms with van der Waals surface area (Å²) in [5.74, 6) is 0. The van der Waals surface area contributed by atoms with Gasteiger partial charge in [-0.1, -0.05) is 57.4 Å². The van der Waals surface area contributed by atoms with E-state index in [-0.39, 0.29) is 11.0 Å². The summed E-state index contributed by atoms with van der Waals surface area (Å²) in [7, 11) is 0. The van der Waals surface area contributed by atoms with E-state index in [2.05, 4.69) is 44.4 Å². The van der Waals surface area contributed by atoms with Gasteiger partial charge in [-0.05, 0) is 38.5 Å². The summed E-state index contributed by atoms with van der Waals surface area (Å²) in [6, 6.07) is 0. The molecular weight excluding hydrogens is 230 g/mol. The number of nitrogens with zero attached hydrogens (tertiary/aromatic N) is 1. The van der Waals surface area contributed by atoms with Crippen LogP contribution in [-0.4, -0.2) is 11.8 Å². The number of hydrogen-bond acceptors (Lipinski definition) is 1. The third-order valence-corrected chi connectivity index (χ3v) is 4.45. The quantitative estimate of drug-likeness (QED) is 0.511. The molecule has 106 valence electrons. The van der Waals surface area contributed by atoms with Gasteiger partial charge >= 0.3 is 0 Å². The molecule has 0 aromatic heterocycles. The summed E-state index contributed by atoms with van der Waals surface area (Å²) in [4.78, 5) is 5.09. The lowest BCUT2D eigenvalue weighted by Gasteiger charge is -2.34. The minimum Gasteiger partial charge on any atom is -0.290 e. The molecule has 0 amide bonds. The molecular formula is C18H29N. The van der Waals surface area contributed by atoms with Crippen molar-refractivity contribution in [3.63, 3.8) is 0 Å². The highest BCUT2D eigenvalue weighted by Crippen LogP contribution is 2.36. The Hall–Kier alpha value is -0.850. The van der Waals surface area contributed by atoms with Crippen LogP contribution in [0.3, 0.4) is 0 Å². The van der Waals surface area contributed by atoms with E-state index < -0.39 is 0 Å². The Bertz CT molecular complexity index is 354. The Morgan fingerprint density at radius 3 is 2.11 bits per heavy atom. The summed E-state index contributed by atoms with van der Waals surface area (Å²) in [6.45, 7) is 4.61. The van der Waals surface area contributed by atoms with Crippen molar-refractivity contribution >= 4 is 6.21 Å². The summed E-state index contributed by atoms with van der Waals surface area (Å²) in [6.07, 6.45) is 22.9. The Labute approximate surface area is 118 Å². The third-order valence-electron chi connectivity index (χ3n) is 4.45. The summed E-state index contributed by atoms with van der Waals surface area (Å²) >= 11 is 0. The molecule has 0 atom stereocenters. The zero-order valence-electron chi connectivity index (χ0n) is 12.7. The van der Waals surface area contributed by atoms with Crippen LogP contribution in [0.2, 0.25) is 0 Å². The molecule has 2 aliphatic rings. The molecule has 0 N–H and O–H groups in total. The van der Waals surface area contributed by atoms with E-state index in [1.807, 2.05) is 0 Å². The number of rotatable bonds is 0. The molecule has 0 unspecified atom stereocenters. The molecule has 1 heterocycles. The van der Waals surface area contributed by atoms with Crippen LogP contribution in [0.25, 0.3) is 0 Å². The van der Waals surface area contributed by atoms with E-state index in [0.717, 1.165) is 12.8 Å². The molecule has 0 radical (unpaired) electrons. The average molecular weight is 259 g/mol. The Morgan fingerprint density at radius 2 is 1.42 bits per heavy atom. The lowest BCUT2D eigenvalue weighted by atomic mass is 9.79. The van der Waals surface area contributed by atoms with Gasteiger partial charge in [0, 0.05) is 11.6 Å². The Morgan fingerprint density at radius 1 is 0.789 bits per heavy atom. The predicted octanol–water partition coefficient (Wildman–Crippen LogP) is 5.47. The minimum atomic E-state index is 0.198. The first-order valence-corrected chi connectivity index (χ1v) is 7.98. The van der Waals surface area contributed by atoms with Crippen LogP contribution in [0.5, 0.6) is 0 Å². The second-order valence-electron chi connectivity index (χ2n) is 6.96. The van der Waals surface area contributed by atoms with Crippen LogP contribution in [0.15, 0.2) is 29.3 Å². The van der Waals surface area contributed by atoms with Gasteiger partial charge in [-0.3, -0.25) is 4.99 Å². The van der Waals surface area contributed by atoms with Gasteiger partial charge in [0.25, 0.3) is 0 Å². The summed E-state index contributed by atoms with van der Waals surface area (Å²) in [5, 5.41) is 0. The van der Waals surface area contributed by atoms with E-state index >= 15 is 0 Å². The van der Waals surface area contributed by atoms with Crippen molar-refractivity contribution in [2.45, 2.75) is 77.2 Å². The van der Waals surface area contributed by atoms with E-state index in [1.165, 1.54) is 44.9 Å². The monoisotopic (exact) mass is 259 g/mol. The fraction of sp³-hybridized carbons (Fsp3) is 0.722. The van der Waals surface area contributed by atoms with E-state index in [0.29, 0.717) is 0 Å². The number of allylic oxidation sites excluding steroid dienone is 3. The van der Waals surface area contributed by atoms with Gasteiger partial charge in [-0.15, -0.1) is 0 Å². The van der Waals surface area contributed by atoms with Gasteiger partial charge in [-0.2, -0.15) is 0 Å². The van der Waals surface area contributed by atoms with Crippen molar-refractivity contribution in [3.8, 4) is 0 Å². The highest BCUT2D eigenvalue weighted by Gasteiger charge is 2.30. The van der Waals surface area contributed by atoms with Gasteiger partial charge in [-0.25, -0.2) is 0 Å². The molecule has 0 saturated heterocycles. The Balaban J connectivity index is 2.17. The summed E-state index contributed by atoms with van der Waals surface area (Å²) < 4.78 is 0. The first-order valence-electron chi connectivity index (χ1n) is 7.98. The molecule has 1 heteroatoms. The molecule has 1 saturated carbocycles. The zero-order chi connectivity index (χ0) is 13.6. The lowest BCUT2D eigenvalue weighted by molar-refractivity contribution is 0.299. The van der Waals surface area contributed by atoms with Gasteiger partial charge in [0.1, 0.15) is 0 Å². The fourth-order valence-electron chi connectivity index (χ4n) is 3.08. The molecule has 0 aromatic rings. The molecule has 1 nitrogen and oxygen atoms in total. The normalized spacial score (nSPS) is 30.2. The predicted molar refractivity (Wildman–Crippen MR) is 84.8 cm³/mol. The number of aliphatic imine (C=N–C) groups is 1. The molecule has 1 spiro atoms. The second-order valence-corrected chi connectivity index (χ2v) is 6.96. The van der Waals surface area contributed by atoms with Crippen molar-refractivity contribution < 1.29 is 0 Å². The van der Waals surface area contributed by atoms with Crippen LogP contribution in [0, 0.1) is 5.41 Å². The zero-order valence-corrected chi connectivity index (χ0v) is 12.7. The number of hydrogen-bond donors (Lipinski definition) is 0. The first-order chi connectivity index (χ1) is 9.12. The molecule has 2 rings (SSSR count). The van der Waals surface area contributed by atoms with Crippen LogP contribution >= 0.6 is 0 Å². The van der Waals surface area contributed by atoms with E-state index in [9.17, 15) is 0 Å². The van der Waals surface area contributed by atoms with Crippen molar-refractivity contribution in [1.82, 2.24) is 0 Å². The lowest BCUT2D eigenvalue weighted by Crippen LogP contribution is -2.30. The van der Waals surface area contributed by atoms with Crippen molar-refractivity contribution in [1.29, 1.82) is 0 Å². The first kappa shape index (κ1) is 14.6. The largest absolute Gasteiger partial charge is 0.290 e. The SMILES string of the molecule is CC1(C)C=NC2(C/C=C\CC/C=C/C1)CCCCC2. The molecule has 19 heavy (non-hydrogen) atoms. The van der Waals surface area contributed by atoms with E-state index in [1.54, 1.807) is 0 Å². The van der Waals surface area contributed by atoms with Crippen molar-refractivity contribution in [3.05, 3.63) is 24.3 Å². The maximum atomic E-state index is 5.09. The fourth-order valence-corrected chi connectivity index (χ4v) is 3.08. The second kappa shape index (κ2) is 6.54. The van der Waals surface area contributed by atoms with Gasteiger partial charge < -0.3 is 0 Å². The maximum Gasteiger partial charge on any atom is 0.0638 e. The van der Waals surface area contributed by atoms with Crippen LogP contribution < -0.4 is 0 Å². The van der Waals surface area contributed by atoms with Crippen molar-refractivity contribution in [2.75, 3.05) is 0 Å². The van der Waals surface area contributed by atoms with Crippen LogP contribution in [-0.2, 0) is 0 Å². The molecule has 1 aliphatic carbocycles. The minimum absolute atomic E-state index is 0.198. The Kier molecular flexibility index (Phi) is 5.01. The maximum absolute atomic E-state index is 5.09. The molecule has 0 aromatic carbocycles. The van der Waals surface area contributed by atoms with Gasteiger partial charge in [0.2, 0.25) is 0 Å². The standard InChI is InChI=1S/C18H29N/c1-17(2)12-8-5-3-4-6-9-13-18(19-16-17)14-10-7-11-15-18/h5-6,8-9,16H,3-4,7,10-15H2,1-2H3/b8-5+,9-6-,19-16?. The molecule has 1 aliphatic heterocycles. The topological polar surface area (TPSA) is 12.4 Å². The highest BCUT2D eigenvalue weighted by atomic mass is 14.9. The highest BCUT2D eigenvalue weighted by molar-refractivity contribution is 5.65. The smallest absolute Gasteiger partial charge is 0.0638 e. The molecule has 0 bridgehead atoms. The van der Waals surface area contributed by atoms with Gasteiger partial charge in [0.05, 0.1) is 5.54 Å². The van der Waals surface area contributed by atoms with Crippen LogP contribution in [0.1, 0.15) is 71.6 Å². The van der Waals surface area contributed by atoms with Crippen LogP contribution in [0.4, 0.5) is 0 Å². The van der Waals surface area contributed by atoms with Crippen molar-refractivity contribution in [2.24, 2.45) is 10.4 Å². The van der Waals surface area contributed by atoms with Gasteiger partial charge in [0.15, 0.2) is 0 Å². The van der Waals surface area contributed by atoms with E-state index in [4.69, 9.17) is 4.99 Å². The average Bonchev–Trinajstić information content (AvgIpc) is 2.40.